The molecule has 1 heterocycles. The summed E-state index contributed by atoms with van der Waals surface area (Å²) in [6, 6.07) is 7.04. The van der Waals surface area contributed by atoms with Gasteiger partial charge in [0.15, 0.2) is 0 Å². The van der Waals surface area contributed by atoms with Gasteiger partial charge in [0.05, 0.1) is 6.10 Å². The largest absolute Gasteiger partial charge is 0.392 e. The number of carbonyl (C=O) groups excluding carboxylic acids is 1. The van der Waals surface area contributed by atoms with E-state index in [0.717, 1.165) is 5.56 Å². The minimum atomic E-state index is -0.367. The first-order valence-corrected chi connectivity index (χ1v) is 6.81. The van der Waals surface area contributed by atoms with Crippen LogP contribution in [0.5, 0.6) is 0 Å². The summed E-state index contributed by atoms with van der Waals surface area (Å²) < 4.78 is 0. The van der Waals surface area contributed by atoms with E-state index in [9.17, 15) is 9.90 Å². The number of H-pyrrole nitrogens is 1. The lowest BCUT2D eigenvalue weighted by molar-refractivity contribution is -0.0689. The van der Waals surface area contributed by atoms with E-state index in [1.54, 1.807) is 18.2 Å². The lowest BCUT2D eigenvalue weighted by Gasteiger charge is -2.49. The van der Waals surface area contributed by atoms with Crippen LogP contribution in [0.1, 0.15) is 30.6 Å². The number of rotatable bonds is 3. The topological polar surface area (TPSA) is 104 Å². The van der Waals surface area contributed by atoms with Crippen LogP contribution in [0.4, 0.5) is 0 Å². The highest BCUT2D eigenvalue weighted by atomic mass is 16.3. The first-order valence-electron chi connectivity index (χ1n) is 6.81. The van der Waals surface area contributed by atoms with Crippen LogP contribution >= 0.6 is 0 Å². The third-order valence-electron chi connectivity index (χ3n) is 4.25. The van der Waals surface area contributed by atoms with Crippen LogP contribution in [0.2, 0.25) is 0 Å². The number of amides is 1. The van der Waals surface area contributed by atoms with Crippen LogP contribution in [-0.2, 0) is 0 Å². The smallest absolute Gasteiger partial charge is 0.251 e. The SMILES string of the molecule is CC1(C)C(O)CC1NC(=O)c1cccc(-c2nn[nH]n2)c1. The highest BCUT2D eigenvalue weighted by Gasteiger charge is 2.47. The number of aromatic nitrogens is 4. The number of hydrogen-bond donors (Lipinski definition) is 3. The van der Waals surface area contributed by atoms with E-state index in [1.165, 1.54) is 0 Å². The van der Waals surface area contributed by atoms with Crippen molar-refractivity contribution in [2.75, 3.05) is 0 Å². The number of tetrazole rings is 1. The van der Waals surface area contributed by atoms with Gasteiger partial charge in [0.1, 0.15) is 0 Å². The zero-order chi connectivity index (χ0) is 15.0. The number of hydrogen-bond acceptors (Lipinski definition) is 5. The highest BCUT2D eigenvalue weighted by molar-refractivity contribution is 5.95. The number of nitrogens with one attached hydrogen (secondary N) is 2. The van der Waals surface area contributed by atoms with Gasteiger partial charge in [-0.2, -0.15) is 5.21 Å². The highest BCUT2D eigenvalue weighted by Crippen LogP contribution is 2.40. The van der Waals surface area contributed by atoms with Gasteiger partial charge in [-0.05, 0) is 23.8 Å². The third kappa shape index (κ3) is 2.40. The minimum Gasteiger partial charge on any atom is -0.392 e. The quantitative estimate of drug-likeness (QED) is 0.773. The average Bonchev–Trinajstić information content (AvgIpc) is 3.01. The number of aliphatic hydroxyl groups excluding tert-OH is 1. The monoisotopic (exact) mass is 287 g/mol. The molecule has 1 aromatic carbocycles. The van der Waals surface area contributed by atoms with Gasteiger partial charge >= 0.3 is 0 Å². The first-order chi connectivity index (χ1) is 9.98. The normalized spacial score (nSPS) is 23.4. The van der Waals surface area contributed by atoms with Crippen LogP contribution in [0, 0.1) is 5.41 Å². The van der Waals surface area contributed by atoms with Crippen molar-refractivity contribution >= 4 is 5.91 Å². The molecule has 2 unspecified atom stereocenters. The molecule has 0 spiro atoms. The lowest BCUT2D eigenvalue weighted by Crippen LogP contribution is -2.61. The summed E-state index contributed by atoms with van der Waals surface area (Å²) in [6.07, 6.45) is 0.219. The molecule has 21 heavy (non-hydrogen) atoms. The van der Waals surface area contributed by atoms with E-state index in [0.29, 0.717) is 17.8 Å². The molecule has 2 atom stereocenters. The maximum absolute atomic E-state index is 12.3. The second-order valence-electron chi connectivity index (χ2n) is 5.92. The predicted molar refractivity (Wildman–Crippen MR) is 75.3 cm³/mol. The fraction of sp³-hybridized carbons (Fsp3) is 0.429. The van der Waals surface area contributed by atoms with E-state index in [2.05, 4.69) is 25.9 Å². The minimum absolute atomic E-state index is 0.0196. The Bertz CT molecular complexity index is 653. The molecule has 1 aromatic heterocycles. The Morgan fingerprint density at radius 3 is 2.90 bits per heavy atom. The van der Waals surface area contributed by atoms with E-state index in [1.807, 2.05) is 19.9 Å². The zero-order valence-electron chi connectivity index (χ0n) is 11.9. The number of nitrogens with zero attached hydrogens (tertiary/aromatic N) is 3. The summed E-state index contributed by atoms with van der Waals surface area (Å²) in [5.74, 6) is 0.286. The molecule has 1 amide bonds. The first kappa shape index (κ1) is 13.7. The van der Waals surface area contributed by atoms with E-state index < -0.39 is 0 Å². The molecule has 1 aliphatic carbocycles. The van der Waals surface area contributed by atoms with Crippen LogP contribution in [0.3, 0.4) is 0 Å². The fourth-order valence-electron chi connectivity index (χ4n) is 2.47. The molecule has 3 rings (SSSR count). The van der Waals surface area contributed by atoms with Crippen molar-refractivity contribution in [1.82, 2.24) is 25.9 Å². The van der Waals surface area contributed by atoms with E-state index in [4.69, 9.17) is 0 Å². The molecule has 0 bridgehead atoms. The Morgan fingerprint density at radius 2 is 2.29 bits per heavy atom. The summed E-state index contributed by atoms with van der Waals surface area (Å²) in [7, 11) is 0. The maximum atomic E-state index is 12.3. The van der Waals surface area contributed by atoms with Crippen molar-refractivity contribution in [3.8, 4) is 11.4 Å². The Labute approximate surface area is 121 Å². The summed E-state index contributed by atoms with van der Waals surface area (Å²) >= 11 is 0. The molecule has 0 saturated heterocycles. The molecule has 0 aliphatic heterocycles. The number of benzene rings is 1. The Kier molecular flexibility index (Phi) is 3.21. The second kappa shape index (κ2) is 4.92. The molecule has 1 aliphatic rings. The van der Waals surface area contributed by atoms with Crippen LogP contribution in [-0.4, -0.2) is 43.8 Å². The molecule has 0 radical (unpaired) electrons. The van der Waals surface area contributed by atoms with Crippen molar-refractivity contribution < 1.29 is 9.90 Å². The molecule has 1 saturated carbocycles. The molecule has 3 N–H and O–H groups in total. The molecule has 2 aromatic rings. The van der Waals surface area contributed by atoms with Crippen molar-refractivity contribution in [2.24, 2.45) is 5.41 Å². The van der Waals surface area contributed by atoms with Crippen LogP contribution < -0.4 is 5.32 Å². The van der Waals surface area contributed by atoms with Gasteiger partial charge in [0, 0.05) is 22.6 Å². The predicted octanol–water partition coefficient (Wildman–Crippen LogP) is 0.756. The molecular weight excluding hydrogens is 270 g/mol. The molecular formula is C14H17N5O2. The van der Waals surface area contributed by atoms with Crippen LogP contribution in [0.15, 0.2) is 24.3 Å². The molecule has 7 nitrogen and oxygen atoms in total. The van der Waals surface area contributed by atoms with Gasteiger partial charge in [0.2, 0.25) is 5.82 Å². The van der Waals surface area contributed by atoms with Crippen molar-refractivity contribution in [1.29, 1.82) is 0 Å². The Balaban J connectivity index is 1.75. The van der Waals surface area contributed by atoms with Crippen molar-refractivity contribution in [3.05, 3.63) is 29.8 Å². The summed E-state index contributed by atoms with van der Waals surface area (Å²) in [6.45, 7) is 3.89. The maximum Gasteiger partial charge on any atom is 0.251 e. The summed E-state index contributed by atoms with van der Waals surface area (Å²) in [5.41, 5.74) is 0.972. The standard InChI is InChI=1S/C14H17N5O2/c1-14(2)10(7-11(14)20)15-13(21)9-5-3-4-8(6-9)12-16-18-19-17-12/h3-6,10-11,20H,7H2,1-2H3,(H,15,21)(H,16,17,18,19). The fourth-order valence-corrected chi connectivity index (χ4v) is 2.47. The average molecular weight is 287 g/mol. The molecule has 7 heteroatoms. The van der Waals surface area contributed by atoms with Gasteiger partial charge in [-0.25, -0.2) is 0 Å². The van der Waals surface area contributed by atoms with Crippen molar-refractivity contribution in [3.63, 3.8) is 0 Å². The number of aromatic amines is 1. The lowest BCUT2D eigenvalue weighted by atomic mass is 9.64. The van der Waals surface area contributed by atoms with Gasteiger partial charge in [-0.15, -0.1) is 10.2 Å². The third-order valence-corrected chi connectivity index (χ3v) is 4.25. The zero-order valence-corrected chi connectivity index (χ0v) is 11.9. The van der Waals surface area contributed by atoms with Gasteiger partial charge in [-0.3, -0.25) is 4.79 Å². The van der Waals surface area contributed by atoms with Gasteiger partial charge in [-0.1, -0.05) is 26.0 Å². The summed E-state index contributed by atoms with van der Waals surface area (Å²) in [5, 5.41) is 26.4. The second-order valence-corrected chi connectivity index (χ2v) is 5.92. The van der Waals surface area contributed by atoms with E-state index >= 15 is 0 Å². The Morgan fingerprint density at radius 1 is 1.48 bits per heavy atom. The van der Waals surface area contributed by atoms with Gasteiger partial charge in [0.25, 0.3) is 5.91 Å². The van der Waals surface area contributed by atoms with Gasteiger partial charge < -0.3 is 10.4 Å². The molecule has 1 fully saturated rings. The van der Waals surface area contributed by atoms with E-state index in [-0.39, 0.29) is 23.5 Å². The summed E-state index contributed by atoms with van der Waals surface area (Å²) in [4.78, 5) is 12.3. The Hall–Kier alpha value is -2.28. The van der Waals surface area contributed by atoms with Crippen molar-refractivity contribution in [2.45, 2.75) is 32.4 Å². The number of aliphatic hydroxyl groups is 1. The number of carbonyl (C=O) groups is 1. The van der Waals surface area contributed by atoms with Crippen LogP contribution in [0.25, 0.3) is 11.4 Å². The molecule has 110 valence electrons.